The Morgan fingerprint density at radius 3 is 2.67 bits per heavy atom. The average molecular weight is 286 g/mol. The molecule has 1 heterocycles. The van der Waals surface area contributed by atoms with Crippen molar-refractivity contribution in [2.45, 2.75) is 57.5 Å². The third-order valence-corrected chi connectivity index (χ3v) is 5.61. The topological polar surface area (TPSA) is 15.3 Å². The smallest absolute Gasteiger partial charge is 0.0303 e. The Bertz CT molecular complexity index is 440. The van der Waals surface area contributed by atoms with Crippen LogP contribution in [0.25, 0.3) is 0 Å². The Kier molecular flexibility index (Phi) is 4.66. The molecule has 2 fully saturated rings. The van der Waals surface area contributed by atoms with E-state index in [0.29, 0.717) is 5.54 Å². The van der Waals surface area contributed by atoms with Gasteiger partial charge in [0.1, 0.15) is 0 Å². The predicted octanol–water partition coefficient (Wildman–Crippen LogP) is 3.47. The minimum Gasteiger partial charge on any atom is -0.311 e. The van der Waals surface area contributed by atoms with Crippen LogP contribution in [0.4, 0.5) is 0 Å². The Morgan fingerprint density at radius 2 is 2.00 bits per heavy atom. The number of benzene rings is 1. The van der Waals surface area contributed by atoms with Crippen molar-refractivity contribution in [2.24, 2.45) is 5.92 Å². The summed E-state index contributed by atoms with van der Waals surface area (Å²) in [5, 5.41) is 3.82. The Balaban J connectivity index is 1.54. The molecule has 1 aliphatic heterocycles. The van der Waals surface area contributed by atoms with Crippen molar-refractivity contribution < 1.29 is 0 Å². The highest BCUT2D eigenvalue weighted by molar-refractivity contribution is 5.14. The molecule has 0 spiro atoms. The van der Waals surface area contributed by atoms with Crippen LogP contribution in [0.5, 0.6) is 0 Å². The molecular weight excluding hydrogens is 256 g/mol. The Hall–Kier alpha value is -0.860. The summed E-state index contributed by atoms with van der Waals surface area (Å²) in [5.74, 6) is 0.961. The largest absolute Gasteiger partial charge is 0.311 e. The second-order valence-electron chi connectivity index (χ2n) is 7.21. The first-order valence-corrected chi connectivity index (χ1v) is 8.73. The van der Waals surface area contributed by atoms with Crippen LogP contribution < -0.4 is 5.32 Å². The SMILES string of the molecule is CCC1(C)CNC(C2CC2)CN1CCCc1ccccc1. The first-order chi connectivity index (χ1) is 10.2. The maximum absolute atomic E-state index is 3.82. The molecule has 0 amide bonds. The number of piperazine rings is 1. The van der Waals surface area contributed by atoms with E-state index < -0.39 is 0 Å². The molecule has 2 atom stereocenters. The number of hydrogen-bond donors (Lipinski definition) is 1. The van der Waals surface area contributed by atoms with Crippen LogP contribution in [0.1, 0.15) is 45.1 Å². The summed E-state index contributed by atoms with van der Waals surface area (Å²) in [7, 11) is 0. The first-order valence-electron chi connectivity index (χ1n) is 8.73. The van der Waals surface area contributed by atoms with Gasteiger partial charge in [-0.15, -0.1) is 0 Å². The van der Waals surface area contributed by atoms with E-state index in [1.807, 2.05) is 0 Å². The van der Waals surface area contributed by atoms with E-state index in [2.05, 4.69) is 54.4 Å². The molecule has 1 aromatic rings. The molecule has 1 saturated carbocycles. The summed E-state index contributed by atoms with van der Waals surface area (Å²) in [6, 6.07) is 11.7. The van der Waals surface area contributed by atoms with Gasteiger partial charge in [0.15, 0.2) is 0 Å². The van der Waals surface area contributed by atoms with E-state index in [1.54, 1.807) is 0 Å². The van der Waals surface area contributed by atoms with Gasteiger partial charge in [0.2, 0.25) is 0 Å². The van der Waals surface area contributed by atoms with Crippen molar-refractivity contribution in [3.05, 3.63) is 35.9 Å². The lowest BCUT2D eigenvalue weighted by atomic mass is 9.90. The molecular formula is C19H30N2. The van der Waals surface area contributed by atoms with Gasteiger partial charge in [0.25, 0.3) is 0 Å². The third kappa shape index (κ3) is 3.67. The zero-order chi connectivity index (χ0) is 14.7. The summed E-state index contributed by atoms with van der Waals surface area (Å²) < 4.78 is 0. The van der Waals surface area contributed by atoms with Crippen LogP contribution in [-0.4, -0.2) is 36.1 Å². The Morgan fingerprint density at radius 1 is 1.24 bits per heavy atom. The van der Waals surface area contributed by atoms with Crippen molar-refractivity contribution in [3.63, 3.8) is 0 Å². The summed E-state index contributed by atoms with van der Waals surface area (Å²) in [5.41, 5.74) is 1.83. The number of nitrogens with one attached hydrogen (secondary N) is 1. The minimum absolute atomic E-state index is 0.349. The fourth-order valence-corrected chi connectivity index (χ4v) is 3.63. The number of nitrogens with zero attached hydrogens (tertiary/aromatic N) is 1. The molecule has 2 nitrogen and oxygen atoms in total. The van der Waals surface area contributed by atoms with E-state index in [1.165, 1.54) is 50.8 Å². The molecule has 1 N–H and O–H groups in total. The van der Waals surface area contributed by atoms with Crippen LogP contribution in [-0.2, 0) is 6.42 Å². The van der Waals surface area contributed by atoms with Crippen molar-refractivity contribution in [3.8, 4) is 0 Å². The van der Waals surface area contributed by atoms with E-state index in [-0.39, 0.29) is 0 Å². The highest BCUT2D eigenvalue weighted by Gasteiger charge is 2.41. The van der Waals surface area contributed by atoms with Crippen LogP contribution in [0.3, 0.4) is 0 Å². The van der Waals surface area contributed by atoms with E-state index in [4.69, 9.17) is 0 Å². The second-order valence-corrected chi connectivity index (χ2v) is 7.21. The van der Waals surface area contributed by atoms with Crippen molar-refractivity contribution in [1.29, 1.82) is 0 Å². The molecule has 0 radical (unpaired) electrons. The minimum atomic E-state index is 0.349. The van der Waals surface area contributed by atoms with Gasteiger partial charge >= 0.3 is 0 Å². The zero-order valence-corrected chi connectivity index (χ0v) is 13.6. The lowest BCUT2D eigenvalue weighted by Gasteiger charge is -2.48. The molecule has 0 bridgehead atoms. The van der Waals surface area contributed by atoms with Crippen molar-refractivity contribution in [1.82, 2.24) is 10.2 Å². The lowest BCUT2D eigenvalue weighted by Crippen LogP contribution is -2.63. The first kappa shape index (κ1) is 15.1. The highest BCUT2D eigenvalue weighted by atomic mass is 15.3. The van der Waals surface area contributed by atoms with Gasteiger partial charge in [-0.2, -0.15) is 0 Å². The normalized spacial score (nSPS) is 30.5. The van der Waals surface area contributed by atoms with Crippen LogP contribution in [0, 0.1) is 5.92 Å². The highest BCUT2D eigenvalue weighted by Crippen LogP contribution is 2.36. The van der Waals surface area contributed by atoms with Crippen LogP contribution in [0.2, 0.25) is 0 Å². The van der Waals surface area contributed by atoms with Gasteiger partial charge in [-0.05, 0) is 57.1 Å². The van der Waals surface area contributed by atoms with Gasteiger partial charge in [-0.1, -0.05) is 37.3 Å². The van der Waals surface area contributed by atoms with Crippen molar-refractivity contribution in [2.75, 3.05) is 19.6 Å². The lowest BCUT2D eigenvalue weighted by molar-refractivity contribution is 0.0432. The summed E-state index contributed by atoms with van der Waals surface area (Å²) in [4.78, 5) is 2.77. The van der Waals surface area contributed by atoms with Gasteiger partial charge in [-0.3, -0.25) is 4.90 Å². The summed E-state index contributed by atoms with van der Waals surface area (Å²) >= 11 is 0. The molecule has 2 aliphatic rings. The molecule has 1 saturated heterocycles. The standard InChI is InChI=1S/C19H30N2/c1-3-19(2)15-20-18(17-11-12-17)14-21(19)13-7-10-16-8-5-4-6-9-16/h4-6,8-9,17-18,20H,3,7,10-15H2,1-2H3. The Labute approximate surface area is 129 Å². The second kappa shape index (κ2) is 6.50. The molecule has 21 heavy (non-hydrogen) atoms. The number of aryl methyl sites for hydroxylation is 1. The van der Waals surface area contributed by atoms with Gasteiger partial charge < -0.3 is 5.32 Å². The molecule has 2 unspecified atom stereocenters. The molecule has 2 heteroatoms. The summed E-state index contributed by atoms with van der Waals surface area (Å²) in [6.45, 7) is 8.43. The van der Waals surface area contributed by atoms with E-state index in [0.717, 1.165) is 18.5 Å². The van der Waals surface area contributed by atoms with Crippen LogP contribution in [0.15, 0.2) is 30.3 Å². The maximum Gasteiger partial charge on any atom is 0.0303 e. The van der Waals surface area contributed by atoms with Crippen LogP contribution >= 0.6 is 0 Å². The molecule has 0 aromatic heterocycles. The third-order valence-electron chi connectivity index (χ3n) is 5.61. The van der Waals surface area contributed by atoms with E-state index in [9.17, 15) is 0 Å². The molecule has 1 aliphatic carbocycles. The predicted molar refractivity (Wildman–Crippen MR) is 89.5 cm³/mol. The average Bonchev–Trinajstić information content (AvgIpc) is 3.35. The quantitative estimate of drug-likeness (QED) is 0.861. The van der Waals surface area contributed by atoms with Crippen molar-refractivity contribution >= 4 is 0 Å². The van der Waals surface area contributed by atoms with Gasteiger partial charge in [0.05, 0.1) is 0 Å². The summed E-state index contributed by atoms with van der Waals surface area (Å²) in [6.07, 6.45) is 6.61. The fourth-order valence-electron chi connectivity index (χ4n) is 3.63. The van der Waals surface area contributed by atoms with Gasteiger partial charge in [0, 0.05) is 24.7 Å². The zero-order valence-electron chi connectivity index (χ0n) is 13.6. The maximum atomic E-state index is 3.82. The van der Waals surface area contributed by atoms with E-state index >= 15 is 0 Å². The number of rotatable bonds is 6. The monoisotopic (exact) mass is 286 g/mol. The fraction of sp³-hybridized carbons (Fsp3) is 0.684. The molecule has 116 valence electrons. The number of hydrogen-bond acceptors (Lipinski definition) is 2. The molecule has 3 rings (SSSR count). The van der Waals surface area contributed by atoms with Gasteiger partial charge in [-0.25, -0.2) is 0 Å². The molecule has 1 aromatic carbocycles.